The molecule has 3 aliphatic rings. The smallest absolute Gasteiger partial charge is 0.664 e. The van der Waals surface area contributed by atoms with E-state index in [1.165, 1.54) is 7.11 Å². The van der Waals surface area contributed by atoms with E-state index in [-0.39, 0.29) is 40.7 Å². The van der Waals surface area contributed by atoms with Gasteiger partial charge in [-0.05, 0) is 38.5 Å². The number of aromatic nitrogens is 3. The molecule has 8 bridgehead atoms. The first-order chi connectivity index (χ1) is 20.2. The minimum atomic E-state index is -1.11. The molecule has 6 rings (SSSR count). The van der Waals surface area contributed by atoms with Crippen molar-refractivity contribution in [1.82, 2.24) is 15.0 Å². The van der Waals surface area contributed by atoms with Crippen LogP contribution in [0.5, 0.6) is 0 Å². The Balaban J connectivity index is 0.00000368. The van der Waals surface area contributed by atoms with Crippen molar-refractivity contribution in [3.05, 3.63) is 83.6 Å². The SMILES string of the molecule is CCc1c2[n-]c(c1C)/C=C1\[N-]/C(=C3\c4[n-]c(c(C)c4C(=O)[C@@H]3C(=O)OC)/C=c3\[n-]/c(c(C=O)c3CC)=C\2)[C@@H](CC)[C@@H]1C.[Mg+2]. The van der Waals surface area contributed by atoms with Gasteiger partial charge in [0, 0.05) is 11.1 Å². The number of Topliss-reactive ketones (excluding diaryl/α,β-unsaturated/α-hetero) is 1. The van der Waals surface area contributed by atoms with E-state index in [1.807, 2.05) is 32.1 Å². The van der Waals surface area contributed by atoms with E-state index < -0.39 is 11.9 Å². The van der Waals surface area contributed by atoms with Crippen molar-refractivity contribution < 1.29 is 19.1 Å². The Morgan fingerprint density at radius 3 is 2.23 bits per heavy atom. The predicted octanol–water partition coefficient (Wildman–Crippen LogP) is 3.49. The van der Waals surface area contributed by atoms with Crippen molar-refractivity contribution >= 4 is 64.9 Å². The Hall–Kier alpha value is -3.56. The number of hydrogen-bond donors (Lipinski definition) is 0. The molecule has 3 atom stereocenters. The van der Waals surface area contributed by atoms with Gasteiger partial charge in [0.2, 0.25) is 0 Å². The standard InChI is InChI=1S/C34H35N4O4.Mg/c1-8-18-15(4)22-11-23-16(5)19(9-2)31(37-23)29-30(34(41)42-7)33(40)28-17(6)24(38-32(28)29)12-26-20(10-3)21(14-39)27(36-26)13-25(18)35-22;/h11-14,16,19,30H,8-10H2,1-7H3,(H-,37,38,39,40);/q-3;+2/p-1/b23-11-,27-13-;/t16-,19-,30+;/m0./s1. The summed E-state index contributed by atoms with van der Waals surface area (Å²) < 4.78 is 5.13. The molecule has 0 saturated carbocycles. The van der Waals surface area contributed by atoms with Gasteiger partial charge in [0.15, 0.2) is 5.78 Å². The molecule has 0 unspecified atom stereocenters. The average molecular weight is 587 g/mol. The number of rotatable bonds is 5. The topological polar surface area (TPSA) is 117 Å². The van der Waals surface area contributed by atoms with Gasteiger partial charge in [-0.3, -0.25) is 14.4 Å². The number of ether oxygens (including phenoxy) is 1. The van der Waals surface area contributed by atoms with E-state index >= 15 is 0 Å². The van der Waals surface area contributed by atoms with Gasteiger partial charge in [-0.1, -0.05) is 80.2 Å². The molecule has 0 aromatic carbocycles. The fourth-order valence-corrected chi connectivity index (χ4v) is 6.98. The second kappa shape index (κ2) is 11.5. The third-order valence-electron chi connectivity index (χ3n) is 9.30. The third kappa shape index (κ3) is 4.50. The molecule has 0 amide bonds. The van der Waals surface area contributed by atoms with Gasteiger partial charge < -0.3 is 25.0 Å². The summed E-state index contributed by atoms with van der Waals surface area (Å²) in [6.07, 6.45) is 8.78. The summed E-state index contributed by atoms with van der Waals surface area (Å²) in [6.45, 7) is 12.2. The quantitative estimate of drug-likeness (QED) is 0.194. The van der Waals surface area contributed by atoms with Crippen LogP contribution in [-0.2, 0) is 22.4 Å². The van der Waals surface area contributed by atoms with Crippen molar-refractivity contribution in [3.63, 3.8) is 0 Å². The minimum absolute atomic E-state index is 0. The maximum atomic E-state index is 13.9. The van der Waals surface area contributed by atoms with E-state index in [4.69, 9.17) is 25.0 Å². The van der Waals surface area contributed by atoms with Gasteiger partial charge in [0.1, 0.15) is 12.2 Å². The molecular formula is C34H34MgN4O4-2. The van der Waals surface area contributed by atoms with Crippen LogP contribution in [-0.4, -0.2) is 48.2 Å². The van der Waals surface area contributed by atoms with Gasteiger partial charge in [-0.15, -0.1) is 33.5 Å². The van der Waals surface area contributed by atoms with Crippen LogP contribution in [0.25, 0.3) is 29.1 Å². The monoisotopic (exact) mass is 586 g/mol. The number of esters is 1. The zero-order valence-corrected chi connectivity index (χ0v) is 27.2. The second-order valence-corrected chi connectivity index (χ2v) is 11.3. The first-order valence-corrected chi connectivity index (χ1v) is 14.7. The van der Waals surface area contributed by atoms with E-state index in [9.17, 15) is 14.4 Å². The molecule has 3 aromatic rings. The van der Waals surface area contributed by atoms with Crippen LogP contribution in [0.1, 0.15) is 99.9 Å². The van der Waals surface area contributed by atoms with Gasteiger partial charge >= 0.3 is 29.0 Å². The number of nitrogens with zero attached hydrogens (tertiary/aromatic N) is 4. The summed E-state index contributed by atoms with van der Waals surface area (Å²) in [7, 11) is 1.30. The van der Waals surface area contributed by atoms with Crippen LogP contribution in [0, 0.1) is 31.6 Å². The number of carbonyl (C=O) groups is 3. The Morgan fingerprint density at radius 1 is 0.930 bits per heavy atom. The number of allylic oxidation sites excluding steroid dienone is 2. The summed E-state index contributed by atoms with van der Waals surface area (Å²) in [5, 5.41) is 6.32. The van der Waals surface area contributed by atoms with Crippen LogP contribution in [0.2, 0.25) is 0 Å². The molecule has 3 aromatic heterocycles. The Labute approximate surface area is 267 Å². The van der Waals surface area contributed by atoms with Crippen molar-refractivity contribution in [3.8, 4) is 0 Å². The molecule has 0 N–H and O–H groups in total. The normalized spacial score (nSPS) is 24.7. The van der Waals surface area contributed by atoms with Crippen LogP contribution >= 0.6 is 0 Å². The number of aldehydes is 1. The molecule has 1 fully saturated rings. The number of carbonyl (C=O) groups excluding carboxylic acids is 3. The van der Waals surface area contributed by atoms with Crippen molar-refractivity contribution in [2.45, 2.75) is 60.8 Å². The summed E-state index contributed by atoms with van der Waals surface area (Å²) in [6, 6.07) is 0. The molecule has 8 nitrogen and oxygen atoms in total. The largest absolute Gasteiger partial charge is 2.00 e. The Kier molecular flexibility index (Phi) is 8.26. The van der Waals surface area contributed by atoms with Gasteiger partial charge in [0.25, 0.3) is 0 Å². The van der Waals surface area contributed by atoms with E-state index in [0.29, 0.717) is 56.5 Å². The van der Waals surface area contributed by atoms with Crippen molar-refractivity contribution in [1.29, 1.82) is 0 Å². The molecule has 1 saturated heterocycles. The maximum Gasteiger partial charge on any atom is 2.00 e. The number of hydrogen-bond acceptors (Lipinski definition) is 4. The molecule has 1 aliphatic carbocycles. The summed E-state index contributed by atoms with van der Waals surface area (Å²) in [5.74, 6) is -2.01. The Morgan fingerprint density at radius 2 is 1.60 bits per heavy atom. The average Bonchev–Trinajstić information content (AvgIpc) is 3.72. The third-order valence-corrected chi connectivity index (χ3v) is 9.30. The fraction of sp³-hybridized carbons (Fsp3) is 0.382. The fourth-order valence-electron chi connectivity index (χ4n) is 6.98. The van der Waals surface area contributed by atoms with E-state index in [0.717, 1.165) is 52.9 Å². The molecule has 43 heavy (non-hydrogen) atoms. The molecule has 0 radical (unpaired) electrons. The summed E-state index contributed by atoms with van der Waals surface area (Å²) >= 11 is 0. The second-order valence-electron chi connectivity index (χ2n) is 11.3. The number of fused-ring (bicyclic) bond motifs is 7. The first-order valence-electron chi connectivity index (χ1n) is 14.7. The van der Waals surface area contributed by atoms with Gasteiger partial charge in [0.05, 0.1) is 7.11 Å². The number of methoxy groups -OCH3 is 1. The molecule has 9 heteroatoms. The number of ketones is 1. The maximum absolute atomic E-state index is 13.9. The van der Waals surface area contributed by atoms with Crippen molar-refractivity contribution in [2.75, 3.05) is 7.11 Å². The molecule has 218 valence electrons. The zero-order chi connectivity index (χ0) is 30.0. The van der Waals surface area contributed by atoms with Crippen molar-refractivity contribution in [2.24, 2.45) is 17.8 Å². The van der Waals surface area contributed by atoms with Gasteiger partial charge in [-0.25, -0.2) is 0 Å². The van der Waals surface area contributed by atoms with E-state index in [1.54, 1.807) is 0 Å². The van der Waals surface area contributed by atoms with Crippen LogP contribution < -0.4 is 25.7 Å². The van der Waals surface area contributed by atoms with Crippen LogP contribution in [0.15, 0.2) is 11.4 Å². The molecular weight excluding hydrogens is 553 g/mol. The van der Waals surface area contributed by atoms with Gasteiger partial charge in [-0.2, -0.15) is 11.4 Å². The van der Waals surface area contributed by atoms with Crippen LogP contribution in [0.4, 0.5) is 0 Å². The van der Waals surface area contributed by atoms with Crippen LogP contribution in [0.3, 0.4) is 0 Å². The summed E-state index contributed by atoms with van der Waals surface area (Å²) in [5.41, 5.74) is 9.39. The first kappa shape index (κ1) is 30.9. The molecule has 2 aliphatic heterocycles. The minimum Gasteiger partial charge on any atom is -0.664 e. The summed E-state index contributed by atoms with van der Waals surface area (Å²) in [4.78, 5) is 54.2. The van der Waals surface area contributed by atoms with E-state index in [2.05, 4.69) is 27.7 Å². The molecule has 5 heterocycles. The Bertz CT molecular complexity index is 1870. The molecule has 0 spiro atoms. The predicted molar refractivity (Wildman–Crippen MR) is 166 cm³/mol. The zero-order valence-electron chi connectivity index (χ0n) is 25.8.